The van der Waals surface area contributed by atoms with Crippen LogP contribution >= 0.6 is 11.3 Å². The highest BCUT2D eigenvalue weighted by Gasteiger charge is 2.13. The van der Waals surface area contributed by atoms with E-state index in [4.69, 9.17) is 0 Å². The lowest BCUT2D eigenvalue weighted by Crippen LogP contribution is -2.19. The molecule has 0 radical (unpaired) electrons. The average Bonchev–Trinajstić information content (AvgIpc) is 2.88. The Balaban J connectivity index is 2.04. The minimum Gasteiger partial charge on any atom is -0.305 e. The van der Waals surface area contributed by atoms with E-state index in [9.17, 15) is 8.78 Å². The highest BCUT2D eigenvalue weighted by molar-refractivity contribution is 7.11. The van der Waals surface area contributed by atoms with Gasteiger partial charge in [-0.3, -0.25) is 0 Å². The summed E-state index contributed by atoms with van der Waals surface area (Å²) >= 11 is 1.75. The number of rotatable bonds is 5. The Hall–Kier alpha value is -1.26. The number of hydrogen-bond donors (Lipinski definition) is 1. The van der Waals surface area contributed by atoms with Crippen molar-refractivity contribution in [3.63, 3.8) is 0 Å². The Morgan fingerprint density at radius 2 is 1.85 bits per heavy atom. The highest BCUT2D eigenvalue weighted by atomic mass is 32.1. The standard InChI is InChI=1S/C16H19F2NS/c1-4-12-5-6-13(20-12)9-19-11(3)14-8-15(17)10(2)7-16(14)18/h5-8,11,19H,4,9H2,1-3H3. The second kappa shape index (κ2) is 6.46. The number of nitrogens with one attached hydrogen (secondary N) is 1. The minimum atomic E-state index is -0.362. The quantitative estimate of drug-likeness (QED) is 0.839. The zero-order valence-corrected chi connectivity index (χ0v) is 12.8. The average molecular weight is 295 g/mol. The van der Waals surface area contributed by atoms with Crippen LogP contribution in [0.15, 0.2) is 24.3 Å². The van der Waals surface area contributed by atoms with E-state index in [0.29, 0.717) is 17.7 Å². The molecule has 0 aliphatic carbocycles. The van der Waals surface area contributed by atoms with E-state index in [1.54, 1.807) is 18.3 Å². The van der Waals surface area contributed by atoms with Crippen LogP contribution < -0.4 is 5.32 Å². The monoisotopic (exact) mass is 295 g/mol. The summed E-state index contributed by atoms with van der Waals surface area (Å²) in [5.41, 5.74) is 0.713. The minimum absolute atomic E-state index is 0.225. The Morgan fingerprint density at radius 3 is 2.50 bits per heavy atom. The van der Waals surface area contributed by atoms with E-state index < -0.39 is 0 Å². The van der Waals surface area contributed by atoms with E-state index in [1.165, 1.54) is 21.9 Å². The summed E-state index contributed by atoms with van der Waals surface area (Å²) in [6, 6.07) is 6.50. The van der Waals surface area contributed by atoms with Gasteiger partial charge in [0.15, 0.2) is 0 Å². The van der Waals surface area contributed by atoms with E-state index in [1.807, 2.05) is 6.92 Å². The molecule has 2 rings (SSSR count). The number of aryl methyl sites for hydroxylation is 2. The third-order valence-electron chi connectivity index (χ3n) is 3.39. The van der Waals surface area contributed by atoms with Gasteiger partial charge in [0.25, 0.3) is 0 Å². The number of thiophene rings is 1. The van der Waals surface area contributed by atoms with Crippen LogP contribution in [-0.4, -0.2) is 0 Å². The van der Waals surface area contributed by atoms with Crippen molar-refractivity contribution in [1.29, 1.82) is 0 Å². The Bertz CT molecular complexity index is 592. The summed E-state index contributed by atoms with van der Waals surface area (Å²) in [5.74, 6) is -0.719. The molecule has 4 heteroatoms. The van der Waals surface area contributed by atoms with Gasteiger partial charge in [-0.25, -0.2) is 8.78 Å². The molecule has 0 saturated carbocycles. The maximum absolute atomic E-state index is 13.9. The van der Waals surface area contributed by atoms with Gasteiger partial charge >= 0.3 is 0 Å². The first-order valence-corrected chi connectivity index (χ1v) is 7.59. The Kier molecular flexibility index (Phi) is 4.89. The van der Waals surface area contributed by atoms with E-state index in [2.05, 4.69) is 24.4 Å². The molecule has 108 valence electrons. The molecule has 1 N–H and O–H groups in total. The molecule has 0 aliphatic heterocycles. The summed E-state index contributed by atoms with van der Waals surface area (Å²) in [6.07, 6.45) is 1.03. The van der Waals surface area contributed by atoms with Gasteiger partial charge in [0.2, 0.25) is 0 Å². The van der Waals surface area contributed by atoms with Gasteiger partial charge in [-0.15, -0.1) is 11.3 Å². The molecule has 0 bridgehead atoms. The molecule has 1 aromatic carbocycles. The molecular weight excluding hydrogens is 276 g/mol. The molecule has 1 unspecified atom stereocenters. The molecule has 0 fully saturated rings. The Labute approximate surface area is 122 Å². The van der Waals surface area contributed by atoms with Crippen LogP contribution in [0.25, 0.3) is 0 Å². The Morgan fingerprint density at radius 1 is 1.15 bits per heavy atom. The number of hydrogen-bond acceptors (Lipinski definition) is 2. The van der Waals surface area contributed by atoms with Crippen LogP contribution in [0, 0.1) is 18.6 Å². The second-order valence-electron chi connectivity index (χ2n) is 4.95. The van der Waals surface area contributed by atoms with Crippen molar-refractivity contribution in [2.24, 2.45) is 0 Å². The largest absolute Gasteiger partial charge is 0.305 e. The van der Waals surface area contributed by atoms with Gasteiger partial charge < -0.3 is 5.32 Å². The maximum atomic E-state index is 13.9. The molecule has 0 amide bonds. The van der Waals surface area contributed by atoms with Gasteiger partial charge in [0, 0.05) is 27.9 Å². The molecule has 20 heavy (non-hydrogen) atoms. The summed E-state index contributed by atoms with van der Waals surface area (Å²) < 4.78 is 27.4. The van der Waals surface area contributed by atoms with Crippen LogP contribution in [0.3, 0.4) is 0 Å². The highest BCUT2D eigenvalue weighted by Crippen LogP contribution is 2.22. The first kappa shape index (κ1) is 15.1. The predicted octanol–water partition coefficient (Wildman–Crippen LogP) is 4.75. The lowest BCUT2D eigenvalue weighted by atomic mass is 10.1. The van der Waals surface area contributed by atoms with Crippen molar-refractivity contribution in [1.82, 2.24) is 5.32 Å². The fourth-order valence-corrected chi connectivity index (χ4v) is 2.97. The van der Waals surface area contributed by atoms with E-state index >= 15 is 0 Å². The van der Waals surface area contributed by atoms with Crippen molar-refractivity contribution in [2.75, 3.05) is 0 Å². The van der Waals surface area contributed by atoms with Gasteiger partial charge in [-0.1, -0.05) is 6.92 Å². The molecule has 1 atom stereocenters. The molecule has 1 aromatic heterocycles. The normalized spacial score (nSPS) is 12.7. The zero-order valence-electron chi connectivity index (χ0n) is 12.0. The molecule has 1 heterocycles. The first-order valence-electron chi connectivity index (χ1n) is 6.77. The second-order valence-corrected chi connectivity index (χ2v) is 6.20. The maximum Gasteiger partial charge on any atom is 0.128 e. The van der Waals surface area contributed by atoms with Crippen molar-refractivity contribution >= 4 is 11.3 Å². The fraction of sp³-hybridized carbons (Fsp3) is 0.375. The molecule has 1 nitrogen and oxygen atoms in total. The van der Waals surface area contributed by atoms with Crippen LogP contribution in [-0.2, 0) is 13.0 Å². The van der Waals surface area contributed by atoms with Crippen LogP contribution in [0.5, 0.6) is 0 Å². The van der Waals surface area contributed by atoms with Crippen molar-refractivity contribution in [2.45, 2.75) is 39.8 Å². The first-order chi connectivity index (χ1) is 9.51. The molecular formula is C16H19F2NS. The van der Waals surface area contributed by atoms with Gasteiger partial charge in [0.05, 0.1) is 0 Å². The smallest absolute Gasteiger partial charge is 0.128 e. The van der Waals surface area contributed by atoms with Crippen LogP contribution in [0.2, 0.25) is 0 Å². The van der Waals surface area contributed by atoms with Crippen LogP contribution in [0.4, 0.5) is 8.78 Å². The third-order valence-corrected chi connectivity index (χ3v) is 4.62. The number of halogens is 2. The topological polar surface area (TPSA) is 12.0 Å². The SMILES string of the molecule is CCc1ccc(CNC(C)c2cc(F)c(C)cc2F)s1. The summed E-state index contributed by atoms with van der Waals surface area (Å²) in [6.45, 7) is 6.20. The summed E-state index contributed by atoms with van der Waals surface area (Å²) in [4.78, 5) is 2.55. The summed E-state index contributed by atoms with van der Waals surface area (Å²) in [5, 5.41) is 3.24. The van der Waals surface area contributed by atoms with E-state index in [0.717, 1.165) is 6.42 Å². The molecule has 0 saturated heterocycles. The van der Waals surface area contributed by atoms with E-state index in [-0.39, 0.29) is 17.7 Å². The zero-order chi connectivity index (χ0) is 14.7. The van der Waals surface area contributed by atoms with Crippen LogP contribution in [0.1, 0.15) is 40.8 Å². The number of benzene rings is 1. The summed E-state index contributed by atoms with van der Waals surface area (Å²) in [7, 11) is 0. The van der Waals surface area contributed by atoms with Crippen molar-refractivity contribution < 1.29 is 8.78 Å². The lowest BCUT2D eigenvalue weighted by molar-refractivity contribution is 0.518. The fourth-order valence-electron chi connectivity index (χ4n) is 2.06. The van der Waals surface area contributed by atoms with Gasteiger partial charge in [-0.05, 0) is 50.1 Å². The van der Waals surface area contributed by atoms with Gasteiger partial charge in [0.1, 0.15) is 11.6 Å². The lowest BCUT2D eigenvalue weighted by Gasteiger charge is -2.15. The van der Waals surface area contributed by atoms with Crippen molar-refractivity contribution in [3.05, 3.63) is 56.8 Å². The molecule has 0 spiro atoms. The predicted molar refractivity (Wildman–Crippen MR) is 80.0 cm³/mol. The van der Waals surface area contributed by atoms with Crippen molar-refractivity contribution in [3.8, 4) is 0 Å². The molecule has 0 aliphatic rings. The third kappa shape index (κ3) is 3.44. The molecule has 2 aromatic rings. The van der Waals surface area contributed by atoms with Gasteiger partial charge in [-0.2, -0.15) is 0 Å².